The van der Waals surface area contributed by atoms with E-state index in [1.807, 2.05) is 0 Å². The molecule has 1 aliphatic rings. The molecule has 0 aliphatic carbocycles. The Bertz CT molecular complexity index is 744. The van der Waals surface area contributed by atoms with Gasteiger partial charge < -0.3 is 20.8 Å². The summed E-state index contributed by atoms with van der Waals surface area (Å²) in [6, 6.07) is 0.153. The van der Waals surface area contributed by atoms with Gasteiger partial charge >= 0.3 is 6.03 Å². The number of fused-ring (bicyclic) bond motifs is 1. The van der Waals surface area contributed by atoms with Crippen molar-refractivity contribution >= 4 is 27.5 Å². The zero-order valence-corrected chi connectivity index (χ0v) is 11.6. The molecule has 21 heavy (non-hydrogen) atoms. The Kier molecular flexibility index (Phi) is 3.47. The van der Waals surface area contributed by atoms with Gasteiger partial charge in [-0.2, -0.15) is 8.42 Å². The van der Waals surface area contributed by atoms with Gasteiger partial charge in [0, 0.05) is 13.5 Å². The third kappa shape index (κ3) is 2.60. The number of primary amides is 1. The first-order chi connectivity index (χ1) is 9.62. The van der Waals surface area contributed by atoms with Crippen LogP contribution in [0.5, 0.6) is 11.5 Å². The number of anilines is 1. The number of rotatable bonds is 2. The zero-order valence-electron chi connectivity index (χ0n) is 10.8. The molecule has 0 bridgehead atoms. The Morgan fingerprint density at radius 1 is 1.43 bits per heavy atom. The minimum Gasteiger partial charge on any atom is -0.503 e. The van der Waals surface area contributed by atoms with E-state index in [-0.39, 0.29) is 17.8 Å². The van der Waals surface area contributed by atoms with Crippen molar-refractivity contribution in [2.45, 2.75) is 11.8 Å². The lowest BCUT2D eigenvalue weighted by Gasteiger charge is -2.20. The van der Waals surface area contributed by atoms with Crippen LogP contribution in [0.2, 0.25) is 0 Å². The topological polar surface area (TPSA) is 166 Å². The second-order valence-corrected chi connectivity index (χ2v) is 6.00. The van der Waals surface area contributed by atoms with Crippen molar-refractivity contribution < 1.29 is 28.0 Å². The maximum Gasteiger partial charge on any atom is 0.356 e. The van der Waals surface area contributed by atoms with E-state index in [4.69, 9.17) is 10.3 Å². The van der Waals surface area contributed by atoms with Crippen LogP contribution < -0.4 is 10.6 Å². The summed E-state index contributed by atoms with van der Waals surface area (Å²) in [6.45, 7) is 0. The first kappa shape index (κ1) is 15.0. The fourth-order valence-corrected chi connectivity index (χ4v) is 3.09. The molecular weight excluding hydrogens is 304 g/mol. The van der Waals surface area contributed by atoms with Crippen molar-refractivity contribution in [1.82, 2.24) is 0 Å². The number of urea groups is 1. The monoisotopic (exact) mass is 316 g/mol. The largest absolute Gasteiger partial charge is 0.503 e. The molecule has 0 aromatic heterocycles. The summed E-state index contributed by atoms with van der Waals surface area (Å²) in [5.74, 6) is -1.30. The van der Waals surface area contributed by atoms with E-state index in [1.54, 1.807) is 0 Å². The highest BCUT2D eigenvalue weighted by atomic mass is 32.2. The number of carbonyl (C=O) groups is 1. The normalized spacial score (nSPS) is 18.2. The van der Waals surface area contributed by atoms with Crippen LogP contribution in [-0.4, -0.2) is 41.6 Å². The number of nitrogens with zero attached hydrogens (tertiary/aromatic N) is 3. The van der Waals surface area contributed by atoms with Crippen molar-refractivity contribution in [2.75, 3.05) is 11.9 Å². The van der Waals surface area contributed by atoms with E-state index in [1.165, 1.54) is 13.1 Å². The van der Waals surface area contributed by atoms with Crippen LogP contribution in [0.1, 0.15) is 5.56 Å². The molecule has 10 nitrogen and oxygen atoms in total. The summed E-state index contributed by atoms with van der Waals surface area (Å²) in [5, 5.41) is 24.8. The van der Waals surface area contributed by atoms with Crippen molar-refractivity contribution in [3.63, 3.8) is 0 Å². The molecule has 1 aliphatic heterocycles. The fraction of sp³-hybridized carbons (Fsp3) is 0.300. The van der Waals surface area contributed by atoms with Crippen LogP contribution in [0.3, 0.4) is 0 Å². The molecule has 1 unspecified atom stereocenters. The smallest absolute Gasteiger partial charge is 0.356 e. The third-order valence-electron chi connectivity index (χ3n) is 3.09. The molecule has 11 heteroatoms. The number of phenols is 2. The average Bonchev–Trinajstić information content (AvgIpc) is 2.69. The number of hydrogen-bond donors (Lipinski definition) is 4. The van der Waals surface area contributed by atoms with Crippen molar-refractivity contribution in [3.05, 3.63) is 11.6 Å². The molecule has 114 valence electrons. The van der Waals surface area contributed by atoms with Gasteiger partial charge in [-0.1, -0.05) is 5.11 Å². The molecule has 1 atom stereocenters. The van der Waals surface area contributed by atoms with E-state index >= 15 is 0 Å². The van der Waals surface area contributed by atoms with Crippen LogP contribution in [0.25, 0.3) is 0 Å². The second-order valence-electron chi connectivity index (χ2n) is 4.42. The predicted molar refractivity (Wildman–Crippen MR) is 71.3 cm³/mol. The lowest BCUT2D eigenvalue weighted by Crippen LogP contribution is -2.35. The van der Waals surface area contributed by atoms with Crippen LogP contribution >= 0.6 is 0 Å². The molecular formula is C10H12N4O6S. The molecule has 1 aromatic carbocycles. The Morgan fingerprint density at radius 3 is 2.57 bits per heavy atom. The summed E-state index contributed by atoms with van der Waals surface area (Å²) in [7, 11) is -3.04. The summed E-state index contributed by atoms with van der Waals surface area (Å²) < 4.78 is 31.7. The van der Waals surface area contributed by atoms with E-state index in [9.17, 15) is 23.4 Å². The van der Waals surface area contributed by atoms with E-state index in [0.29, 0.717) is 5.56 Å². The number of azo groups is 1. The van der Waals surface area contributed by atoms with E-state index in [0.717, 1.165) is 4.90 Å². The highest BCUT2D eigenvalue weighted by Gasteiger charge is 2.38. The molecule has 2 rings (SSSR count). The summed E-state index contributed by atoms with van der Waals surface area (Å²) in [4.78, 5) is 11.7. The minimum absolute atomic E-state index is 0.0492. The Labute approximate surface area is 119 Å². The standard InChI is InChI=1S/C10H12N4O6S/c1-14-6(21(18,19)20)3-4-2-5(12-13-10(11)17)8(15)9(16)7(4)14/h2,6,15-16H,3H2,1H3,(H2,11,17)(H,18,19,20). The molecule has 0 saturated carbocycles. The van der Waals surface area contributed by atoms with Crippen molar-refractivity contribution in [2.24, 2.45) is 16.0 Å². The zero-order chi connectivity index (χ0) is 15.9. The van der Waals surface area contributed by atoms with E-state index < -0.39 is 33.0 Å². The number of amides is 2. The third-order valence-corrected chi connectivity index (χ3v) is 4.26. The van der Waals surface area contributed by atoms with Gasteiger partial charge in [0.05, 0.1) is 5.69 Å². The highest BCUT2D eigenvalue weighted by Crippen LogP contribution is 2.49. The van der Waals surface area contributed by atoms with Gasteiger partial charge in [-0.15, -0.1) is 5.11 Å². The van der Waals surface area contributed by atoms with Gasteiger partial charge in [-0.05, 0) is 11.6 Å². The molecule has 1 aromatic rings. The lowest BCUT2D eigenvalue weighted by atomic mass is 10.1. The van der Waals surface area contributed by atoms with Crippen LogP contribution in [-0.2, 0) is 16.5 Å². The quantitative estimate of drug-likeness (QED) is 0.349. The molecule has 0 saturated heterocycles. The van der Waals surface area contributed by atoms with Gasteiger partial charge in [0.25, 0.3) is 10.1 Å². The molecule has 0 spiro atoms. The number of likely N-dealkylation sites (N-methyl/N-ethyl adjacent to an activating group) is 1. The van der Waals surface area contributed by atoms with Gasteiger partial charge in [0.2, 0.25) is 0 Å². The Morgan fingerprint density at radius 2 is 2.05 bits per heavy atom. The Hall–Kier alpha value is -2.40. The van der Waals surface area contributed by atoms with Crippen LogP contribution in [0.15, 0.2) is 16.3 Å². The molecule has 5 N–H and O–H groups in total. The summed E-state index contributed by atoms with van der Waals surface area (Å²) in [6.07, 6.45) is -0.127. The minimum atomic E-state index is -4.38. The molecule has 1 heterocycles. The number of benzene rings is 1. The van der Waals surface area contributed by atoms with Gasteiger partial charge in [0.15, 0.2) is 16.9 Å². The number of hydrogen-bond acceptors (Lipinski definition) is 7. The lowest BCUT2D eigenvalue weighted by molar-refractivity contribution is 0.255. The Balaban J connectivity index is 2.55. The average molecular weight is 316 g/mol. The first-order valence-corrected chi connectivity index (χ1v) is 7.11. The summed E-state index contributed by atoms with van der Waals surface area (Å²) >= 11 is 0. The second kappa shape index (κ2) is 4.86. The van der Waals surface area contributed by atoms with Crippen molar-refractivity contribution in [3.8, 4) is 11.5 Å². The van der Waals surface area contributed by atoms with Gasteiger partial charge in [0.1, 0.15) is 5.69 Å². The molecule has 2 amide bonds. The number of phenolic OH excluding ortho intramolecular Hbond substituents is 2. The van der Waals surface area contributed by atoms with Gasteiger partial charge in [-0.25, -0.2) is 4.79 Å². The highest BCUT2D eigenvalue weighted by molar-refractivity contribution is 7.86. The van der Waals surface area contributed by atoms with E-state index in [2.05, 4.69) is 10.2 Å². The van der Waals surface area contributed by atoms with Crippen LogP contribution in [0.4, 0.5) is 16.2 Å². The van der Waals surface area contributed by atoms with Crippen molar-refractivity contribution in [1.29, 1.82) is 0 Å². The summed E-state index contributed by atoms with van der Waals surface area (Å²) in [5.41, 5.74) is 4.90. The van der Waals surface area contributed by atoms with Gasteiger partial charge in [-0.3, -0.25) is 4.55 Å². The number of nitrogens with two attached hydrogens (primary N) is 1. The van der Waals surface area contributed by atoms with Crippen LogP contribution in [0, 0.1) is 0 Å². The first-order valence-electron chi connectivity index (χ1n) is 5.61. The maximum absolute atomic E-state index is 11.3. The maximum atomic E-state index is 11.3. The number of carbonyl (C=O) groups excluding carboxylic acids is 1. The fourth-order valence-electron chi connectivity index (χ4n) is 2.19. The number of aromatic hydroxyl groups is 2. The predicted octanol–water partition coefficient (Wildman–Crippen LogP) is 0.466. The molecule has 0 radical (unpaired) electrons. The molecule has 0 fully saturated rings. The SMILES string of the molecule is CN1c2c(cc(N=NC(N)=O)c(O)c2O)CC1S(=O)(=O)O.